The van der Waals surface area contributed by atoms with Gasteiger partial charge in [-0.1, -0.05) is 12.8 Å². The average molecular weight is 261 g/mol. The van der Waals surface area contributed by atoms with Gasteiger partial charge in [-0.15, -0.1) is 0 Å². The fourth-order valence-corrected chi connectivity index (χ4v) is 2.70. The second-order valence-corrected chi connectivity index (χ2v) is 4.91. The predicted octanol–water partition coefficient (Wildman–Crippen LogP) is 0.894. The van der Waals surface area contributed by atoms with E-state index in [2.05, 4.69) is 24.8 Å². The van der Waals surface area contributed by atoms with Gasteiger partial charge in [0.05, 0.1) is 6.33 Å². The largest absolute Gasteiger partial charge is 0.368 e. The Bertz CT molecular complexity index is 571. The van der Waals surface area contributed by atoms with Crippen molar-refractivity contribution in [2.45, 2.75) is 31.7 Å². The van der Waals surface area contributed by atoms with E-state index in [4.69, 9.17) is 11.5 Å². The van der Waals surface area contributed by atoms with Crippen LogP contribution in [0.15, 0.2) is 6.33 Å². The van der Waals surface area contributed by atoms with Crippen LogP contribution in [-0.4, -0.2) is 32.6 Å². The quantitative estimate of drug-likeness (QED) is 0.754. The molecule has 0 amide bonds. The minimum absolute atomic E-state index is 0.270. The van der Waals surface area contributed by atoms with Crippen LogP contribution in [0.4, 0.5) is 11.8 Å². The highest BCUT2D eigenvalue weighted by Crippen LogP contribution is 2.32. The van der Waals surface area contributed by atoms with E-state index >= 15 is 0 Å². The summed E-state index contributed by atoms with van der Waals surface area (Å²) in [6.45, 7) is 1.18. The smallest absolute Gasteiger partial charge is 0.224 e. The monoisotopic (exact) mass is 261 g/mol. The second-order valence-electron chi connectivity index (χ2n) is 4.91. The van der Waals surface area contributed by atoms with Gasteiger partial charge in [0.1, 0.15) is 0 Å². The molecule has 1 aliphatic carbocycles. The molecule has 1 aliphatic rings. The third-order valence-corrected chi connectivity index (χ3v) is 3.59. The molecule has 2 aromatic heterocycles. The van der Waals surface area contributed by atoms with Gasteiger partial charge in [0.15, 0.2) is 17.0 Å². The zero-order valence-corrected chi connectivity index (χ0v) is 10.8. The van der Waals surface area contributed by atoms with Crippen LogP contribution in [-0.2, 0) is 0 Å². The zero-order valence-electron chi connectivity index (χ0n) is 10.8. The maximum atomic E-state index is 5.79. The van der Waals surface area contributed by atoms with Crippen molar-refractivity contribution in [1.82, 2.24) is 19.5 Å². The summed E-state index contributed by atoms with van der Waals surface area (Å²) in [5.41, 5.74) is 12.9. The molecule has 0 aromatic carbocycles. The number of nitrogens with one attached hydrogen (secondary N) is 1. The van der Waals surface area contributed by atoms with Crippen molar-refractivity contribution in [3.8, 4) is 0 Å². The number of aromatic nitrogens is 4. The van der Waals surface area contributed by atoms with Gasteiger partial charge < -0.3 is 21.4 Å². The fraction of sp³-hybridized carbons (Fsp3) is 0.583. The van der Waals surface area contributed by atoms with Gasteiger partial charge in [-0.3, -0.25) is 0 Å². The molecule has 0 radical (unpaired) electrons. The fourth-order valence-electron chi connectivity index (χ4n) is 2.70. The van der Waals surface area contributed by atoms with Gasteiger partial charge >= 0.3 is 0 Å². The minimum atomic E-state index is 0.270. The van der Waals surface area contributed by atoms with Gasteiger partial charge in [-0.25, -0.2) is 4.98 Å². The topological polar surface area (TPSA) is 108 Å². The van der Waals surface area contributed by atoms with Crippen molar-refractivity contribution in [3.05, 3.63) is 6.33 Å². The van der Waals surface area contributed by atoms with E-state index in [1.54, 1.807) is 0 Å². The molecule has 0 aliphatic heterocycles. The van der Waals surface area contributed by atoms with Crippen molar-refractivity contribution in [1.29, 1.82) is 0 Å². The second kappa shape index (κ2) is 5.00. The van der Waals surface area contributed by atoms with Gasteiger partial charge in [-0.05, 0) is 12.8 Å². The Labute approximate surface area is 111 Å². The standard InChI is InChI=1S/C12H19N7/c13-5-6-15-10-9-11(18-12(14)17-10)19(7-16-9)8-3-1-2-4-8/h7-8H,1-6,13H2,(H3,14,15,17,18). The Morgan fingerprint density at radius 3 is 2.84 bits per heavy atom. The summed E-state index contributed by atoms with van der Waals surface area (Å²) in [5, 5.41) is 3.15. The minimum Gasteiger partial charge on any atom is -0.368 e. The first-order chi connectivity index (χ1) is 9.29. The number of anilines is 2. The van der Waals surface area contributed by atoms with E-state index in [1.165, 1.54) is 25.7 Å². The molecule has 2 heterocycles. The van der Waals surface area contributed by atoms with Crippen LogP contribution in [0.2, 0.25) is 0 Å². The maximum Gasteiger partial charge on any atom is 0.224 e. The highest BCUT2D eigenvalue weighted by Gasteiger charge is 2.21. The van der Waals surface area contributed by atoms with Crippen LogP contribution < -0.4 is 16.8 Å². The highest BCUT2D eigenvalue weighted by molar-refractivity contribution is 5.84. The normalized spacial score (nSPS) is 16.3. The summed E-state index contributed by atoms with van der Waals surface area (Å²) in [6, 6.07) is 0.488. The van der Waals surface area contributed by atoms with Crippen molar-refractivity contribution < 1.29 is 0 Å². The first-order valence-corrected chi connectivity index (χ1v) is 6.73. The van der Waals surface area contributed by atoms with Gasteiger partial charge in [0.2, 0.25) is 5.95 Å². The Kier molecular flexibility index (Phi) is 3.20. The molecule has 1 fully saturated rings. The number of hydrogen-bond donors (Lipinski definition) is 3. The third kappa shape index (κ3) is 2.21. The highest BCUT2D eigenvalue weighted by atomic mass is 15.2. The number of imidazole rings is 1. The Balaban J connectivity index is 2.04. The first kappa shape index (κ1) is 12.2. The molecule has 7 nitrogen and oxygen atoms in total. The molecule has 0 atom stereocenters. The number of nitrogens with zero attached hydrogens (tertiary/aromatic N) is 4. The van der Waals surface area contributed by atoms with E-state index in [0.717, 1.165) is 11.2 Å². The molecule has 3 rings (SSSR count). The molecule has 0 spiro atoms. The predicted molar refractivity (Wildman–Crippen MR) is 74.8 cm³/mol. The summed E-state index contributed by atoms with van der Waals surface area (Å²) in [4.78, 5) is 13.0. The lowest BCUT2D eigenvalue weighted by Crippen LogP contribution is -2.15. The molecule has 0 saturated heterocycles. The molecule has 102 valence electrons. The molecule has 2 aromatic rings. The maximum absolute atomic E-state index is 5.79. The number of fused-ring (bicyclic) bond motifs is 1. The summed E-state index contributed by atoms with van der Waals surface area (Å²) >= 11 is 0. The van der Waals surface area contributed by atoms with Crippen LogP contribution in [0.5, 0.6) is 0 Å². The Hall–Kier alpha value is -1.89. The van der Waals surface area contributed by atoms with Gasteiger partial charge in [0, 0.05) is 19.1 Å². The van der Waals surface area contributed by atoms with Crippen LogP contribution in [0, 0.1) is 0 Å². The van der Waals surface area contributed by atoms with E-state index in [-0.39, 0.29) is 5.95 Å². The molecule has 7 heteroatoms. The lowest BCUT2D eigenvalue weighted by Gasteiger charge is -2.12. The van der Waals surface area contributed by atoms with Crippen molar-refractivity contribution in [2.24, 2.45) is 5.73 Å². The van der Waals surface area contributed by atoms with E-state index in [1.807, 2.05) is 6.33 Å². The SMILES string of the molecule is NCCNc1nc(N)nc2c1ncn2C1CCCC1. The lowest BCUT2D eigenvalue weighted by atomic mass is 10.2. The van der Waals surface area contributed by atoms with Crippen molar-refractivity contribution >= 4 is 22.9 Å². The van der Waals surface area contributed by atoms with Crippen LogP contribution >= 0.6 is 0 Å². The Morgan fingerprint density at radius 2 is 2.11 bits per heavy atom. The van der Waals surface area contributed by atoms with E-state index in [9.17, 15) is 0 Å². The van der Waals surface area contributed by atoms with Gasteiger partial charge in [0.25, 0.3) is 0 Å². The molecule has 5 N–H and O–H groups in total. The first-order valence-electron chi connectivity index (χ1n) is 6.73. The molecule has 0 bridgehead atoms. The summed E-state index contributed by atoms with van der Waals surface area (Å²) < 4.78 is 2.13. The molecule has 1 saturated carbocycles. The molecular weight excluding hydrogens is 242 g/mol. The lowest BCUT2D eigenvalue weighted by molar-refractivity contribution is 0.529. The van der Waals surface area contributed by atoms with Crippen LogP contribution in [0.1, 0.15) is 31.7 Å². The summed E-state index contributed by atoms with van der Waals surface area (Å²) in [6.07, 6.45) is 6.75. The molecular formula is C12H19N7. The zero-order chi connectivity index (χ0) is 13.2. The number of hydrogen-bond acceptors (Lipinski definition) is 6. The third-order valence-electron chi connectivity index (χ3n) is 3.59. The van der Waals surface area contributed by atoms with E-state index < -0.39 is 0 Å². The van der Waals surface area contributed by atoms with Crippen LogP contribution in [0.3, 0.4) is 0 Å². The number of nitrogen functional groups attached to an aromatic ring is 1. The number of rotatable bonds is 4. The summed E-state index contributed by atoms with van der Waals surface area (Å²) in [5.74, 6) is 0.941. The number of nitrogens with two attached hydrogens (primary N) is 2. The van der Waals surface area contributed by atoms with Crippen molar-refractivity contribution in [2.75, 3.05) is 24.1 Å². The van der Waals surface area contributed by atoms with Crippen molar-refractivity contribution in [3.63, 3.8) is 0 Å². The van der Waals surface area contributed by atoms with Crippen LogP contribution in [0.25, 0.3) is 11.2 Å². The summed E-state index contributed by atoms with van der Waals surface area (Å²) in [7, 11) is 0. The molecule has 19 heavy (non-hydrogen) atoms. The van der Waals surface area contributed by atoms with E-state index in [0.29, 0.717) is 24.9 Å². The molecule has 0 unspecified atom stereocenters. The van der Waals surface area contributed by atoms with Gasteiger partial charge in [-0.2, -0.15) is 9.97 Å². The average Bonchev–Trinajstić information content (AvgIpc) is 3.03. The Morgan fingerprint density at radius 1 is 1.32 bits per heavy atom.